The molecule has 1 heterocycles. The summed E-state index contributed by atoms with van der Waals surface area (Å²) in [4.78, 5) is 22.3. The molecule has 0 saturated carbocycles. The number of nitrogens with zero attached hydrogens (tertiary/aromatic N) is 3. The quantitative estimate of drug-likeness (QED) is 0.834. The van der Waals surface area contributed by atoms with Gasteiger partial charge in [-0.25, -0.2) is 4.79 Å². The Bertz CT molecular complexity index is 815. The molecule has 0 aliphatic rings. The van der Waals surface area contributed by atoms with E-state index in [-0.39, 0.29) is 11.6 Å². The van der Waals surface area contributed by atoms with Crippen LogP contribution in [0.3, 0.4) is 0 Å². The summed E-state index contributed by atoms with van der Waals surface area (Å²) in [7, 11) is 1.41. The summed E-state index contributed by atoms with van der Waals surface area (Å²) in [5, 5.41) is 8.82. The second-order valence-corrected chi connectivity index (χ2v) is 5.06. The fourth-order valence-corrected chi connectivity index (χ4v) is 2.29. The van der Waals surface area contributed by atoms with Gasteiger partial charge in [0.15, 0.2) is 0 Å². The molecule has 0 fully saturated rings. The highest BCUT2D eigenvalue weighted by atomic mass is 19.4. The molecule has 1 aromatic carbocycles. The van der Waals surface area contributed by atoms with Gasteiger partial charge in [0.1, 0.15) is 17.0 Å². The van der Waals surface area contributed by atoms with Gasteiger partial charge in [0.2, 0.25) is 5.88 Å². The van der Waals surface area contributed by atoms with E-state index in [1.54, 1.807) is 13.8 Å². The Morgan fingerprint density at radius 2 is 2.08 bits per heavy atom. The Kier molecular flexibility index (Phi) is 5.10. The number of aromatic nitrogens is 2. The number of hydrogen-bond acceptors (Lipinski definition) is 5. The van der Waals surface area contributed by atoms with Crippen molar-refractivity contribution in [1.29, 1.82) is 0 Å². The lowest BCUT2D eigenvalue weighted by molar-refractivity contribution is -0.138. The first-order chi connectivity index (χ1) is 11.7. The molecule has 134 valence electrons. The summed E-state index contributed by atoms with van der Waals surface area (Å²) >= 11 is 0. The van der Waals surface area contributed by atoms with Gasteiger partial charge in [-0.15, -0.1) is 10.0 Å². The normalized spacial score (nSPS) is 11.3. The number of hydrogen-bond donors (Lipinski definition) is 1. The number of ether oxygens (including phenoxy) is 1. The Morgan fingerprint density at radius 1 is 1.40 bits per heavy atom. The van der Waals surface area contributed by atoms with Gasteiger partial charge in [-0.2, -0.15) is 17.9 Å². The lowest BCUT2D eigenvalue weighted by atomic mass is 10.1. The minimum Gasteiger partial charge on any atom is -0.437 e. The molecular formula is C15H15F3N4O3. The van der Waals surface area contributed by atoms with Gasteiger partial charge in [-0.1, -0.05) is 6.92 Å². The number of amides is 1. The summed E-state index contributed by atoms with van der Waals surface area (Å²) in [6.45, 7) is 3.37. The van der Waals surface area contributed by atoms with Gasteiger partial charge in [0.25, 0.3) is 0 Å². The lowest BCUT2D eigenvalue weighted by Crippen LogP contribution is -2.26. The third-order valence-electron chi connectivity index (χ3n) is 3.54. The number of alkyl halides is 3. The predicted octanol–water partition coefficient (Wildman–Crippen LogP) is 4.15. The molecule has 0 atom stereocenters. The standard InChI is InChI=1S/C15H15F3N4O3/c1-4-10-8(2)22(14(23)19-3)20-13(10)25-12-6-5-9(21-24)7-11(12)15(16,17)18/h5-7H,4H2,1-3H3,(H,19,23). The van der Waals surface area contributed by atoms with Gasteiger partial charge in [-0.3, -0.25) is 0 Å². The second-order valence-electron chi connectivity index (χ2n) is 5.06. The Labute approximate surface area is 140 Å². The van der Waals surface area contributed by atoms with E-state index >= 15 is 0 Å². The van der Waals surface area contributed by atoms with Crippen LogP contribution in [0, 0.1) is 11.8 Å². The van der Waals surface area contributed by atoms with Crippen LogP contribution >= 0.6 is 0 Å². The Hall–Kier alpha value is -2.91. The van der Waals surface area contributed by atoms with Crippen LogP contribution in [0.5, 0.6) is 11.6 Å². The number of carbonyl (C=O) groups is 1. The van der Waals surface area contributed by atoms with Crippen molar-refractivity contribution in [3.8, 4) is 11.6 Å². The topological polar surface area (TPSA) is 85.6 Å². The van der Waals surface area contributed by atoms with Crippen molar-refractivity contribution < 1.29 is 22.7 Å². The molecule has 2 rings (SSSR count). The first-order valence-corrected chi connectivity index (χ1v) is 7.26. The number of nitrogens with one attached hydrogen (secondary N) is 1. The summed E-state index contributed by atoms with van der Waals surface area (Å²) < 4.78 is 46.0. The average Bonchev–Trinajstić information content (AvgIpc) is 2.89. The lowest BCUT2D eigenvalue weighted by Gasteiger charge is -2.13. The Morgan fingerprint density at radius 3 is 2.60 bits per heavy atom. The van der Waals surface area contributed by atoms with Crippen LogP contribution in [-0.2, 0) is 12.6 Å². The van der Waals surface area contributed by atoms with Crippen LogP contribution in [0.15, 0.2) is 23.4 Å². The van der Waals surface area contributed by atoms with Crippen molar-refractivity contribution in [3.05, 3.63) is 39.9 Å². The first kappa shape index (κ1) is 18.4. The van der Waals surface area contributed by atoms with Gasteiger partial charge >= 0.3 is 12.2 Å². The van der Waals surface area contributed by atoms with E-state index in [0.29, 0.717) is 23.7 Å². The van der Waals surface area contributed by atoms with Crippen LogP contribution in [0.4, 0.5) is 23.7 Å². The van der Waals surface area contributed by atoms with Crippen molar-refractivity contribution in [1.82, 2.24) is 15.1 Å². The van der Waals surface area contributed by atoms with Crippen LogP contribution in [-0.4, -0.2) is 22.9 Å². The number of carbonyl (C=O) groups excluding carboxylic acids is 1. The summed E-state index contributed by atoms with van der Waals surface area (Å²) in [5.74, 6) is -0.642. The van der Waals surface area contributed by atoms with Crippen LogP contribution < -0.4 is 10.1 Å². The van der Waals surface area contributed by atoms with Crippen molar-refractivity contribution >= 4 is 11.7 Å². The minimum atomic E-state index is -4.75. The van der Waals surface area contributed by atoms with E-state index in [0.717, 1.165) is 16.8 Å². The molecule has 25 heavy (non-hydrogen) atoms. The minimum absolute atomic E-state index is 0.110. The largest absolute Gasteiger partial charge is 0.437 e. The number of nitroso groups, excluding NO2 is 1. The summed E-state index contributed by atoms with van der Waals surface area (Å²) in [6.07, 6.45) is -4.35. The molecule has 1 N–H and O–H groups in total. The fraction of sp³-hybridized carbons (Fsp3) is 0.333. The maximum Gasteiger partial charge on any atom is 0.420 e. The van der Waals surface area contributed by atoms with Crippen LogP contribution in [0.2, 0.25) is 0 Å². The van der Waals surface area contributed by atoms with Crippen molar-refractivity contribution in [3.63, 3.8) is 0 Å². The molecule has 0 saturated heterocycles. The molecule has 1 amide bonds. The maximum atomic E-state index is 13.2. The summed E-state index contributed by atoms with van der Waals surface area (Å²) in [6, 6.07) is 2.15. The van der Waals surface area contributed by atoms with E-state index in [1.165, 1.54) is 7.05 Å². The molecule has 0 aliphatic carbocycles. The molecule has 0 aliphatic heterocycles. The number of rotatable bonds is 4. The first-order valence-electron chi connectivity index (χ1n) is 7.26. The van der Waals surface area contributed by atoms with Gasteiger partial charge in [0.05, 0.1) is 5.69 Å². The third kappa shape index (κ3) is 3.62. The molecule has 0 spiro atoms. The molecule has 1 aromatic heterocycles. The molecule has 0 unspecified atom stereocenters. The zero-order valence-electron chi connectivity index (χ0n) is 13.6. The highest BCUT2D eigenvalue weighted by Gasteiger charge is 2.35. The molecule has 7 nitrogen and oxygen atoms in total. The maximum absolute atomic E-state index is 13.2. The van der Waals surface area contributed by atoms with E-state index in [1.807, 2.05) is 0 Å². The molecule has 2 aromatic rings. The Balaban J connectivity index is 2.53. The molecule has 0 bridgehead atoms. The zero-order valence-corrected chi connectivity index (χ0v) is 13.6. The SMILES string of the molecule is CCc1c(Oc2ccc(N=O)cc2C(F)(F)F)nn(C(=O)NC)c1C. The monoisotopic (exact) mass is 356 g/mol. The second kappa shape index (κ2) is 6.91. The predicted molar refractivity (Wildman–Crippen MR) is 83.2 cm³/mol. The molecule has 0 radical (unpaired) electrons. The number of halogens is 3. The average molecular weight is 356 g/mol. The number of benzene rings is 1. The highest BCUT2D eigenvalue weighted by molar-refractivity contribution is 5.76. The molecular weight excluding hydrogens is 341 g/mol. The van der Waals surface area contributed by atoms with Crippen molar-refractivity contribution in [2.24, 2.45) is 5.18 Å². The van der Waals surface area contributed by atoms with Gasteiger partial charge < -0.3 is 10.1 Å². The van der Waals surface area contributed by atoms with E-state index in [9.17, 15) is 22.9 Å². The van der Waals surface area contributed by atoms with E-state index in [2.05, 4.69) is 15.6 Å². The molecule has 10 heteroatoms. The van der Waals surface area contributed by atoms with E-state index in [4.69, 9.17) is 4.74 Å². The van der Waals surface area contributed by atoms with Gasteiger partial charge in [0, 0.05) is 12.6 Å². The summed E-state index contributed by atoms with van der Waals surface area (Å²) in [5.41, 5.74) is -0.577. The zero-order chi connectivity index (χ0) is 18.8. The van der Waals surface area contributed by atoms with Crippen molar-refractivity contribution in [2.75, 3.05) is 7.05 Å². The fourth-order valence-electron chi connectivity index (χ4n) is 2.29. The smallest absolute Gasteiger partial charge is 0.420 e. The highest BCUT2D eigenvalue weighted by Crippen LogP contribution is 2.40. The van der Waals surface area contributed by atoms with Crippen molar-refractivity contribution in [2.45, 2.75) is 26.4 Å². The van der Waals surface area contributed by atoms with Crippen LogP contribution in [0.1, 0.15) is 23.7 Å². The van der Waals surface area contributed by atoms with E-state index < -0.39 is 23.5 Å². The third-order valence-corrected chi connectivity index (χ3v) is 3.54. The van der Waals surface area contributed by atoms with Gasteiger partial charge in [-0.05, 0) is 36.7 Å². The van der Waals surface area contributed by atoms with Crippen LogP contribution in [0.25, 0.3) is 0 Å².